The van der Waals surface area contributed by atoms with Crippen LogP contribution in [0.15, 0.2) is 65.6 Å². The number of anilines is 1. The van der Waals surface area contributed by atoms with Gasteiger partial charge in [-0.05, 0) is 61.4 Å². The van der Waals surface area contributed by atoms with Crippen molar-refractivity contribution in [1.29, 1.82) is 0 Å². The fourth-order valence-electron chi connectivity index (χ4n) is 5.59. The number of fused-ring (bicyclic) bond motifs is 2. The molecule has 0 spiro atoms. The molecule has 250 valence electrons. The zero-order valence-electron chi connectivity index (χ0n) is 25.9. The maximum absolute atomic E-state index is 14.9. The summed E-state index contributed by atoms with van der Waals surface area (Å²) in [5.74, 6) is -5.70. The number of carbonyl (C=O) groups is 2. The van der Waals surface area contributed by atoms with Crippen molar-refractivity contribution in [2.75, 3.05) is 12.4 Å². The molecule has 2 aromatic heterocycles. The molecule has 0 aliphatic rings. The summed E-state index contributed by atoms with van der Waals surface area (Å²) in [6.07, 6.45) is -3.44. The van der Waals surface area contributed by atoms with Crippen LogP contribution in [0.2, 0.25) is 0 Å². The Hall–Kier alpha value is -5.40. The Kier molecular flexibility index (Phi) is 9.20. The number of halogens is 6. The number of benzene rings is 3. The Morgan fingerprint density at radius 1 is 1.00 bits per heavy atom. The number of methoxy groups -OCH3 is 1. The van der Waals surface area contributed by atoms with Crippen molar-refractivity contribution in [2.24, 2.45) is 7.05 Å². The summed E-state index contributed by atoms with van der Waals surface area (Å²) in [5, 5.41) is 5.19. The number of nitrogens with zero attached hydrogens (tertiary/aromatic N) is 2. The third kappa shape index (κ3) is 6.42. The van der Waals surface area contributed by atoms with E-state index in [-0.39, 0.29) is 17.5 Å². The first kappa shape index (κ1) is 33.9. The first-order valence-electron chi connectivity index (χ1n) is 14.5. The summed E-state index contributed by atoms with van der Waals surface area (Å²) in [5.41, 5.74) is 0.533. The summed E-state index contributed by atoms with van der Waals surface area (Å²) >= 11 is 0. The Morgan fingerprint density at radius 3 is 2.33 bits per heavy atom. The molecular weight excluding hydrogens is 642 g/mol. The molecule has 3 aromatic carbocycles. The van der Waals surface area contributed by atoms with Gasteiger partial charge in [0.15, 0.2) is 0 Å². The van der Waals surface area contributed by atoms with E-state index in [9.17, 15) is 40.7 Å². The van der Waals surface area contributed by atoms with Gasteiger partial charge in [0, 0.05) is 41.7 Å². The number of pyridine rings is 2. The summed E-state index contributed by atoms with van der Waals surface area (Å²) in [6.45, 7) is 2.45. The van der Waals surface area contributed by atoms with Gasteiger partial charge in [0.05, 0.1) is 23.7 Å². The Labute approximate surface area is 269 Å². The summed E-state index contributed by atoms with van der Waals surface area (Å²) in [7, 11) is 2.62. The quantitative estimate of drug-likeness (QED) is 0.147. The largest absolute Gasteiger partial charge is 0.467 e. The summed E-state index contributed by atoms with van der Waals surface area (Å²) in [4.78, 5) is 43.9. The second-order valence-electron chi connectivity index (χ2n) is 11.2. The zero-order chi connectivity index (χ0) is 35.1. The topological polar surface area (TPSA) is 102 Å². The molecule has 2 heterocycles. The lowest BCUT2D eigenvalue weighted by atomic mass is 9.92. The van der Waals surface area contributed by atoms with Gasteiger partial charge in [-0.3, -0.25) is 14.6 Å². The first-order chi connectivity index (χ1) is 22.6. The van der Waals surface area contributed by atoms with E-state index in [4.69, 9.17) is 4.74 Å². The number of alkyl halides is 3. The van der Waals surface area contributed by atoms with Gasteiger partial charge < -0.3 is 19.9 Å². The second kappa shape index (κ2) is 13.0. The van der Waals surface area contributed by atoms with Crippen LogP contribution in [0.5, 0.6) is 0 Å². The van der Waals surface area contributed by atoms with E-state index in [1.54, 1.807) is 38.2 Å². The monoisotopic (exact) mass is 670 g/mol. The van der Waals surface area contributed by atoms with Crippen molar-refractivity contribution >= 4 is 39.4 Å². The predicted molar refractivity (Wildman–Crippen MR) is 167 cm³/mol. The highest BCUT2D eigenvalue weighted by atomic mass is 19.4. The van der Waals surface area contributed by atoms with E-state index >= 15 is 0 Å². The molecule has 0 saturated carbocycles. The number of carbonyl (C=O) groups excluding carboxylic acids is 2. The molecule has 5 aromatic rings. The number of hydrogen-bond donors (Lipinski definition) is 2. The minimum atomic E-state index is -4.70. The number of esters is 1. The normalized spacial score (nSPS) is 13.0. The van der Waals surface area contributed by atoms with Crippen molar-refractivity contribution in [3.8, 4) is 11.1 Å². The van der Waals surface area contributed by atoms with Crippen LogP contribution in [0.3, 0.4) is 0 Å². The summed E-state index contributed by atoms with van der Waals surface area (Å²) < 4.78 is 89.0. The van der Waals surface area contributed by atoms with Crippen molar-refractivity contribution < 1.29 is 40.7 Å². The Bertz CT molecular complexity index is 2120. The van der Waals surface area contributed by atoms with Gasteiger partial charge in [-0.1, -0.05) is 18.2 Å². The highest BCUT2D eigenvalue weighted by Crippen LogP contribution is 2.33. The lowest BCUT2D eigenvalue weighted by molar-refractivity contribution is -0.143. The third-order valence-corrected chi connectivity index (χ3v) is 8.11. The molecule has 2 atom stereocenters. The van der Waals surface area contributed by atoms with E-state index < -0.39 is 58.8 Å². The SMILES string of the molecule is COC(=O)[C@H](Cc1ccc(-c2c(C)c3cc(F)ccc3n(C)c2=O)c2ncccc12)NC(=O)c1c(F)cc(N[C@H](C)C(F)(F)F)cc1F. The molecule has 5 rings (SSSR count). The third-order valence-electron chi connectivity index (χ3n) is 8.11. The van der Waals surface area contributed by atoms with Crippen LogP contribution in [-0.2, 0) is 23.0 Å². The predicted octanol–water partition coefficient (Wildman–Crippen LogP) is 6.36. The second-order valence-corrected chi connectivity index (χ2v) is 11.2. The molecule has 0 fully saturated rings. The van der Waals surface area contributed by atoms with Crippen LogP contribution in [0.4, 0.5) is 32.0 Å². The molecule has 1 amide bonds. The average Bonchev–Trinajstić information content (AvgIpc) is 3.03. The van der Waals surface area contributed by atoms with Crippen LogP contribution in [0.25, 0.3) is 32.9 Å². The van der Waals surface area contributed by atoms with Gasteiger partial charge in [0.2, 0.25) is 0 Å². The smallest absolute Gasteiger partial charge is 0.408 e. The average molecular weight is 671 g/mol. The minimum Gasteiger partial charge on any atom is -0.467 e. The standard InChI is InChI=1S/C34H28F6N4O4/c1-16-23-13-19(35)8-10-27(23)44(3)32(46)28(16)22-9-7-18(21-6-5-11-41-30(21)22)12-26(33(47)48-4)43-31(45)29-24(36)14-20(15-25(29)37)42-17(2)34(38,39)40/h5-11,13-15,17,26,42H,12H2,1-4H3,(H,43,45)/t17-,26+/m1/s1. The van der Waals surface area contributed by atoms with E-state index in [2.05, 4.69) is 10.3 Å². The molecule has 0 aliphatic heterocycles. The van der Waals surface area contributed by atoms with Crippen LogP contribution >= 0.6 is 0 Å². The highest BCUT2D eigenvalue weighted by molar-refractivity contribution is 6.00. The molecule has 8 nitrogen and oxygen atoms in total. The Morgan fingerprint density at radius 2 is 1.69 bits per heavy atom. The fraction of sp³-hybridized carbons (Fsp3) is 0.235. The maximum atomic E-state index is 14.9. The van der Waals surface area contributed by atoms with Crippen molar-refractivity contribution in [3.05, 3.63) is 105 Å². The van der Waals surface area contributed by atoms with Crippen LogP contribution in [0.1, 0.15) is 28.4 Å². The summed E-state index contributed by atoms with van der Waals surface area (Å²) in [6, 6.07) is 8.06. The van der Waals surface area contributed by atoms with E-state index in [1.165, 1.54) is 29.0 Å². The van der Waals surface area contributed by atoms with Gasteiger partial charge in [-0.15, -0.1) is 0 Å². The molecule has 0 unspecified atom stereocenters. The number of ether oxygens (including phenoxy) is 1. The van der Waals surface area contributed by atoms with Crippen LogP contribution in [-0.4, -0.2) is 46.8 Å². The molecule has 0 bridgehead atoms. The van der Waals surface area contributed by atoms with Gasteiger partial charge in [0.25, 0.3) is 11.5 Å². The molecular formula is C34H28F6N4O4. The van der Waals surface area contributed by atoms with Crippen LogP contribution in [0, 0.1) is 24.4 Å². The van der Waals surface area contributed by atoms with Crippen LogP contribution < -0.4 is 16.2 Å². The molecule has 2 N–H and O–H groups in total. The van der Waals surface area contributed by atoms with Crippen molar-refractivity contribution in [3.63, 3.8) is 0 Å². The number of aromatic nitrogens is 2. The number of hydrogen-bond acceptors (Lipinski definition) is 6. The Balaban J connectivity index is 1.51. The lowest BCUT2D eigenvalue weighted by Crippen LogP contribution is -2.43. The van der Waals surface area contributed by atoms with Gasteiger partial charge in [0.1, 0.15) is 35.1 Å². The van der Waals surface area contributed by atoms with E-state index in [0.29, 0.717) is 50.6 Å². The molecule has 14 heteroatoms. The number of aryl methyl sites for hydroxylation is 2. The lowest BCUT2D eigenvalue weighted by Gasteiger charge is -2.20. The molecule has 0 aliphatic carbocycles. The van der Waals surface area contributed by atoms with E-state index in [0.717, 1.165) is 14.0 Å². The number of rotatable bonds is 8. The first-order valence-corrected chi connectivity index (χ1v) is 14.5. The van der Waals surface area contributed by atoms with E-state index in [1.807, 2.05) is 5.32 Å². The fourth-order valence-corrected chi connectivity index (χ4v) is 5.59. The zero-order valence-corrected chi connectivity index (χ0v) is 25.9. The van der Waals surface area contributed by atoms with Gasteiger partial charge in [-0.25, -0.2) is 18.0 Å². The van der Waals surface area contributed by atoms with Crippen molar-refractivity contribution in [1.82, 2.24) is 14.9 Å². The maximum Gasteiger partial charge on any atom is 0.408 e. The number of nitrogens with one attached hydrogen (secondary N) is 2. The minimum absolute atomic E-state index is 0.243. The van der Waals surface area contributed by atoms with Crippen molar-refractivity contribution in [2.45, 2.75) is 38.5 Å². The molecule has 0 saturated heterocycles. The van der Waals surface area contributed by atoms with Gasteiger partial charge >= 0.3 is 12.1 Å². The molecule has 0 radical (unpaired) electrons. The highest BCUT2D eigenvalue weighted by Gasteiger charge is 2.36. The number of amides is 1. The molecule has 48 heavy (non-hydrogen) atoms. The van der Waals surface area contributed by atoms with Gasteiger partial charge in [-0.2, -0.15) is 13.2 Å².